The summed E-state index contributed by atoms with van der Waals surface area (Å²) in [6.07, 6.45) is 1.84. The number of rotatable bonds is 5. The number of hydrogen-bond acceptors (Lipinski definition) is 3. The molecule has 0 spiro atoms. The van der Waals surface area contributed by atoms with E-state index in [2.05, 4.69) is 46.1 Å². The minimum atomic E-state index is 0.351. The van der Waals surface area contributed by atoms with E-state index in [1.807, 2.05) is 24.4 Å². The number of aromatic nitrogens is 1. The summed E-state index contributed by atoms with van der Waals surface area (Å²) < 4.78 is 5.29. The molecule has 3 nitrogen and oxygen atoms in total. The van der Waals surface area contributed by atoms with Crippen molar-refractivity contribution in [1.29, 1.82) is 0 Å². The Morgan fingerprint density at radius 3 is 2.79 bits per heavy atom. The lowest BCUT2D eigenvalue weighted by Crippen LogP contribution is -2.25. The molecule has 4 heteroatoms. The number of methoxy groups -OCH3 is 1. The second-order valence-electron chi connectivity index (χ2n) is 4.81. The number of hydrogen-bond donors (Lipinski definition) is 1. The van der Waals surface area contributed by atoms with Crippen LogP contribution in [0.2, 0.25) is 0 Å². The number of halogens is 1. The van der Waals surface area contributed by atoms with Gasteiger partial charge in [-0.15, -0.1) is 0 Å². The minimum absolute atomic E-state index is 0.351. The zero-order chi connectivity index (χ0) is 13.8. The number of anilines is 1. The van der Waals surface area contributed by atoms with Gasteiger partial charge in [0.05, 0.1) is 7.11 Å². The van der Waals surface area contributed by atoms with E-state index in [0.717, 1.165) is 27.7 Å². The molecule has 1 heterocycles. The highest BCUT2D eigenvalue weighted by molar-refractivity contribution is 9.09. The fourth-order valence-corrected chi connectivity index (χ4v) is 2.44. The van der Waals surface area contributed by atoms with Crippen LogP contribution in [-0.2, 0) is 0 Å². The van der Waals surface area contributed by atoms with Crippen molar-refractivity contribution in [2.45, 2.75) is 19.9 Å². The van der Waals surface area contributed by atoms with Crippen molar-refractivity contribution in [3.8, 4) is 5.75 Å². The predicted molar refractivity (Wildman–Crippen MR) is 84.3 cm³/mol. The van der Waals surface area contributed by atoms with E-state index >= 15 is 0 Å². The number of fused-ring (bicyclic) bond motifs is 1. The summed E-state index contributed by atoms with van der Waals surface area (Å²) in [5.74, 6) is 2.30. The molecule has 2 atom stereocenters. The molecule has 0 aliphatic heterocycles. The average molecular weight is 323 g/mol. The van der Waals surface area contributed by atoms with Crippen LogP contribution < -0.4 is 10.1 Å². The Bertz CT molecular complexity index is 559. The third-order valence-electron chi connectivity index (χ3n) is 3.43. The molecule has 2 rings (SSSR count). The van der Waals surface area contributed by atoms with Gasteiger partial charge in [0.25, 0.3) is 0 Å². The number of pyridine rings is 1. The van der Waals surface area contributed by atoms with Gasteiger partial charge < -0.3 is 10.1 Å². The van der Waals surface area contributed by atoms with E-state index in [-0.39, 0.29) is 0 Å². The molecule has 2 aromatic rings. The summed E-state index contributed by atoms with van der Waals surface area (Å²) in [5, 5.41) is 6.71. The lowest BCUT2D eigenvalue weighted by Gasteiger charge is -2.20. The van der Waals surface area contributed by atoms with E-state index in [4.69, 9.17) is 4.74 Å². The molecule has 0 radical (unpaired) electrons. The first-order valence-corrected chi connectivity index (χ1v) is 7.53. The molecule has 19 heavy (non-hydrogen) atoms. The third kappa shape index (κ3) is 3.18. The summed E-state index contributed by atoms with van der Waals surface area (Å²) in [6.45, 7) is 4.38. The molecule has 0 bridgehead atoms. The minimum Gasteiger partial charge on any atom is -0.497 e. The number of nitrogens with one attached hydrogen (secondary N) is 1. The fraction of sp³-hybridized carbons (Fsp3) is 0.400. The first kappa shape index (κ1) is 14.1. The molecule has 2 unspecified atom stereocenters. The van der Waals surface area contributed by atoms with Crippen LogP contribution >= 0.6 is 15.9 Å². The molecule has 0 amide bonds. The number of ether oxygens (including phenoxy) is 1. The van der Waals surface area contributed by atoms with Gasteiger partial charge in [-0.3, -0.25) is 0 Å². The average Bonchev–Trinajstić information content (AvgIpc) is 2.46. The van der Waals surface area contributed by atoms with Gasteiger partial charge >= 0.3 is 0 Å². The Kier molecular flexibility index (Phi) is 4.64. The molecule has 102 valence electrons. The van der Waals surface area contributed by atoms with E-state index in [0.29, 0.717) is 12.0 Å². The quantitative estimate of drug-likeness (QED) is 0.842. The lowest BCUT2D eigenvalue weighted by atomic mass is 10.1. The van der Waals surface area contributed by atoms with Crippen molar-refractivity contribution in [3.63, 3.8) is 0 Å². The van der Waals surface area contributed by atoms with E-state index in [1.54, 1.807) is 7.11 Å². The largest absolute Gasteiger partial charge is 0.497 e. The van der Waals surface area contributed by atoms with Crippen LogP contribution in [0.1, 0.15) is 13.8 Å². The zero-order valence-corrected chi connectivity index (χ0v) is 13.1. The van der Waals surface area contributed by atoms with Gasteiger partial charge in [0.1, 0.15) is 11.6 Å². The number of alkyl halides is 1. The molecule has 1 N–H and O–H groups in total. The van der Waals surface area contributed by atoms with Crippen LogP contribution in [-0.4, -0.2) is 23.5 Å². The first-order valence-electron chi connectivity index (χ1n) is 6.41. The molecule has 1 aromatic heterocycles. The van der Waals surface area contributed by atoms with Gasteiger partial charge in [-0.25, -0.2) is 4.98 Å². The smallest absolute Gasteiger partial charge is 0.134 e. The van der Waals surface area contributed by atoms with E-state index in [9.17, 15) is 0 Å². The Morgan fingerprint density at radius 1 is 1.32 bits per heavy atom. The van der Waals surface area contributed by atoms with Crippen LogP contribution in [0.5, 0.6) is 5.75 Å². The summed E-state index contributed by atoms with van der Waals surface area (Å²) in [6, 6.07) is 8.41. The first-order chi connectivity index (χ1) is 9.15. The summed E-state index contributed by atoms with van der Waals surface area (Å²) in [5.41, 5.74) is 0. The van der Waals surface area contributed by atoms with Gasteiger partial charge in [0, 0.05) is 23.0 Å². The molecule has 0 aliphatic carbocycles. The zero-order valence-electron chi connectivity index (χ0n) is 11.5. The predicted octanol–water partition coefficient (Wildman–Crippen LogP) is 4.07. The van der Waals surface area contributed by atoms with E-state index in [1.165, 1.54) is 0 Å². The van der Waals surface area contributed by atoms with Crippen molar-refractivity contribution < 1.29 is 4.74 Å². The van der Waals surface area contributed by atoms with Crippen molar-refractivity contribution in [3.05, 3.63) is 30.5 Å². The Balaban J connectivity index is 2.36. The highest BCUT2D eigenvalue weighted by atomic mass is 79.9. The topological polar surface area (TPSA) is 34.1 Å². The molecule has 0 aliphatic rings. The lowest BCUT2D eigenvalue weighted by molar-refractivity contribution is 0.415. The highest BCUT2D eigenvalue weighted by Gasteiger charge is 2.12. The van der Waals surface area contributed by atoms with Crippen LogP contribution in [0.3, 0.4) is 0 Å². The van der Waals surface area contributed by atoms with Crippen LogP contribution in [0.25, 0.3) is 10.8 Å². The van der Waals surface area contributed by atoms with Crippen molar-refractivity contribution in [2.24, 2.45) is 5.92 Å². The van der Waals surface area contributed by atoms with Gasteiger partial charge in [0.15, 0.2) is 0 Å². The van der Waals surface area contributed by atoms with Crippen molar-refractivity contribution in [2.75, 3.05) is 17.8 Å². The van der Waals surface area contributed by atoms with Gasteiger partial charge in [-0.1, -0.05) is 28.9 Å². The Hall–Kier alpha value is -1.29. The molecular weight excluding hydrogens is 304 g/mol. The highest BCUT2D eigenvalue weighted by Crippen LogP contribution is 2.26. The maximum atomic E-state index is 5.29. The molecular formula is C15H19BrN2O. The molecule has 1 aromatic carbocycles. The van der Waals surface area contributed by atoms with Crippen LogP contribution in [0, 0.1) is 5.92 Å². The molecule has 0 fully saturated rings. The number of nitrogens with zero attached hydrogens (tertiary/aromatic N) is 1. The SMILES string of the molecule is COc1ccc2ccnc(NC(C)C(C)CBr)c2c1. The monoisotopic (exact) mass is 322 g/mol. The normalized spacial score (nSPS) is 14.1. The Morgan fingerprint density at radius 2 is 2.11 bits per heavy atom. The molecule has 0 saturated carbocycles. The fourth-order valence-electron chi connectivity index (χ4n) is 1.88. The van der Waals surface area contributed by atoms with Crippen LogP contribution in [0.15, 0.2) is 30.5 Å². The van der Waals surface area contributed by atoms with E-state index < -0.39 is 0 Å². The maximum absolute atomic E-state index is 5.29. The van der Waals surface area contributed by atoms with Crippen LogP contribution in [0.4, 0.5) is 5.82 Å². The number of benzene rings is 1. The standard InChI is InChI=1S/C15H19BrN2O/c1-10(9-16)11(2)18-15-14-8-13(19-3)5-4-12(14)6-7-17-15/h4-8,10-11H,9H2,1-3H3,(H,17,18). The van der Waals surface area contributed by atoms with Gasteiger partial charge in [0.2, 0.25) is 0 Å². The maximum Gasteiger partial charge on any atom is 0.134 e. The second kappa shape index (κ2) is 6.24. The van der Waals surface area contributed by atoms with Crippen molar-refractivity contribution >= 4 is 32.5 Å². The van der Waals surface area contributed by atoms with Gasteiger partial charge in [-0.05, 0) is 36.4 Å². The third-order valence-corrected chi connectivity index (χ3v) is 4.46. The second-order valence-corrected chi connectivity index (χ2v) is 5.46. The van der Waals surface area contributed by atoms with Crippen molar-refractivity contribution in [1.82, 2.24) is 4.98 Å². The summed E-state index contributed by atoms with van der Waals surface area (Å²) >= 11 is 3.52. The molecule has 0 saturated heterocycles. The summed E-state index contributed by atoms with van der Waals surface area (Å²) in [4.78, 5) is 4.46. The van der Waals surface area contributed by atoms with Gasteiger partial charge in [-0.2, -0.15) is 0 Å². The Labute approximate surface area is 122 Å². The summed E-state index contributed by atoms with van der Waals surface area (Å²) in [7, 11) is 1.68.